The van der Waals surface area contributed by atoms with Crippen molar-refractivity contribution < 1.29 is 0 Å². The number of nitrogens with zero attached hydrogens (tertiary/aromatic N) is 4. The average molecular weight is 643 g/mol. The molecule has 50 heavy (non-hydrogen) atoms. The zero-order chi connectivity index (χ0) is 33.5. The van der Waals surface area contributed by atoms with Gasteiger partial charge in [-0.25, -0.2) is 0 Å². The zero-order valence-electron chi connectivity index (χ0n) is 28.5. The van der Waals surface area contributed by atoms with E-state index in [1.54, 1.807) is 0 Å². The van der Waals surface area contributed by atoms with Gasteiger partial charge in [-0.1, -0.05) is 131 Å². The van der Waals surface area contributed by atoms with Crippen LogP contribution < -0.4 is 0 Å². The minimum absolute atomic E-state index is 0.139. The molecule has 3 aromatic heterocycles. The van der Waals surface area contributed by atoms with E-state index >= 15 is 0 Å². The molecule has 2 aliphatic rings. The topological polar surface area (TPSA) is 35.6 Å². The zero-order valence-corrected chi connectivity index (χ0v) is 28.5. The van der Waals surface area contributed by atoms with Crippen LogP contribution in [-0.4, -0.2) is 19.3 Å². The second kappa shape index (κ2) is 9.36. The van der Waals surface area contributed by atoms with Crippen molar-refractivity contribution in [1.82, 2.24) is 19.3 Å². The molecule has 0 aliphatic carbocycles. The van der Waals surface area contributed by atoms with Crippen LogP contribution in [0.5, 0.6) is 0 Å². The Bertz CT molecular complexity index is 2920. The van der Waals surface area contributed by atoms with E-state index in [9.17, 15) is 0 Å². The summed E-state index contributed by atoms with van der Waals surface area (Å²) in [6, 6.07) is 48.8. The van der Waals surface area contributed by atoms with Gasteiger partial charge in [0.15, 0.2) is 0 Å². The van der Waals surface area contributed by atoms with Crippen LogP contribution in [0.2, 0.25) is 0 Å². The molecule has 4 heteroatoms. The molecule has 238 valence electrons. The smallest absolute Gasteiger partial charge is 0.0951 e. The Kier molecular flexibility index (Phi) is 5.23. The van der Waals surface area contributed by atoms with Crippen LogP contribution in [-0.2, 0) is 10.8 Å². The number of aromatic nitrogens is 4. The lowest BCUT2D eigenvalue weighted by molar-refractivity contribution is 0.630. The Hall–Kier alpha value is -6.00. The lowest BCUT2D eigenvalue weighted by Crippen LogP contribution is -2.26. The van der Waals surface area contributed by atoms with Crippen molar-refractivity contribution >= 4 is 43.6 Å². The molecule has 6 aromatic carbocycles. The van der Waals surface area contributed by atoms with Gasteiger partial charge in [0.05, 0.1) is 44.8 Å². The van der Waals surface area contributed by atoms with Crippen LogP contribution >= 0.6 is 0 Å². The average Bonchev–Trinajstić information content (AvgIpc) is 3.67. The fourth-order valence-electron chi connectivity index (χ4n) is 9.35. The van der Waals surface area contributed by atoms with Gasteiger partial charge >= 0.3 is 0 Å². The van der Waals surface area contributed by atoms with E-state index < -0.39 is 0 Å². The normalized spacial score (nSPS) is 15.1. The first-order valence-electron chi connectivity index (χ1n) is 17.5. The summed E-state index contributed by atoms with van der Waals surface area (Å²) in [5.74, 6) is 0. The quantitative estimate of drug-likeness (QED) is 0.188. The number of hydrogen-bond acceptors (Lipinski definition) is 2. The maximum absolute atomic E-state index is 4.95. The highest BCUT2D eigenvalue weighted by Crippen LogP contribution is 2.51. The molecule has 0 radical (unpaired) electrons. The van der Waals surface area contributed by atoms with Gasteiger partial charge < -0.3 is 9.13 Å². The molecular formula is C46H34N4. The van der Waals surface area contributed by atoms with Crippen LogP contribution in [0.15, 0.2) is 133 Å². The van der Waals surface area contributed by atoms with E-state index in [2.05, 4.69) is 170 Å². The summed E-state index contributed by atoms with van der Waals surface area (Å²) in [5.41, 5.74) is 16.4. The first kappa shape index (κ1) is 27.9. The van der Waals surface area contributed by atoms with Crippen molar-refractivity contribution in [2.75, 3.05) is 0 Å². The number of benzene rings is 6. The van der Waals surface area contributed by atoms with E-state index in [0.29, 0.717) is 0 Å². The van der Waals surface area contributed by atoms with Crippen LogP contribution in [0.1, 0.15) is 49.9 Å². The van der Waals surface area contributed by atoms with Crippen LogP contribution in [0.25, 0.3) is 77.5 Å². The molecule has 0 atom stereocenters. The molecule has 0 fully saturated rings. The highest BCUT2D eigenvalue weighted by atomic mass is 15.1. The third-order valence-corrected chi connectivity index (χ3v) is 11.8. The predicted molar refractivity (Wildman–Crippen MR) is 206 cm³/mol. The molecule has 4 nitrogen and oxygen atoms in total. The van der Waals surface area contributed by atoms with Crippen LogP contribution in [0, 0.1) is 0 Å². The number of fused-ring (bicyclic) bond motifs is 10. The van der Waals surface area contributed by atoms with Gasteiger partial charge in [-0.3, -0.25) is 0 Å². The van der Waals surface area contributed by atoms with Gasteiger partial charge in [-0.05, 0) is 52.6 Å². The van der Waals surface area contributed by atoms with Crippen molar-refractivity contribution in [3.63, 3.8) is 0 Å². The Morgan fingerprint density at radius 1 is 0.440 bits per heavy atom. The lowest BCUT2D eigenvalue weighted by atomic mass is 9.74. The van der Waals surface area contributed by atoms with Gasteiger partial charge in [0.25, 0.3) is 0 Å². The maximum atomic E-state index is 4.95. The maximum Gasteiger partial charge on any atom is 0.0951 e. The largest absolute Gasteiger partial charge is 0.309 e. The Morgan fingerprint density at radius 2 is 0.980 bits per heavy atom. The van der Waals surface area contributed by atoms with E-state index in [-0.39, 0.29) is 10.8 Å². The van der Waals surface area contributed by atoms with Crippen molar-refractivity contribution in [1.29, 1.82) is 0 Å². The SMILES string of the molecule is CC1(C)c2ccc(-c3ccc(-c4cccc5c4-n4c6ccccc6c6cccc(c64)C5(C)C)nn3)cc2-n2c3ccccc3c3cccc1c32. The predicted octanol–water partition coefficient (Wildman–Crippen LogP) is 11.3. The van der Waals surface area contributed by atoms with E-state index in [1.165, 1.54) is 77.2 Å². The summed E-state index contributed by atoms with van der Waals surface area (Å²) in [5, 5.41) is 15.0. The van der Waals surface area contributed by atoms with Crippen LogP contribution in [0.4, 0.5) is 0 Å². The van der Waals surface area contributed by atoms with Gasteiger partial charge in [-0.2, -0.15) is 0 Å². The molecule has 11 rings (SSSR count). The summed E-state index contributed by atoms with van der Waals surface area (Å²) in [4.78, 5) is 0. The summed E-state index contributed by atoms with van der Waals surface area (Å²) >= 11 is 0. The molecule has 0 N–H and O–H groups in total. The van der Waals surface area contributed by atoms with E-state index in [4.69, 9.17) is 10.2 Å². The monoisotopic (exact) mass is 642 g/mol. The second-order valence-corrected chi connectivity index (χ2v) is 15.1. The summed E-state index contributed by atoms with van der Waals surface area (Å²) < 4.78 is 4.93. The molecule has 2 aliphatic heterocycles. The third-order valence-electron chi connectivity index (χ3n) is 11.8. The molecule has 0 saturated heterocycles. The highest BCUT2D eigenvalue weighted by molar-refractivity contribution is 6.13. The number of hydrogen-bond donors (Lipinski definition) is 0. The van der Waals surface area contributed by atoms with Crippen molar-refractivity contribution in [3.8, 4) is 33.9 Å². The Balaban J connectivity index is 1.09. The highest BCUT2D eigenvalue weighted by Gasteiger charge is 2.37. The van der Waals surface area contributed by atoms with E-state index in [0.717, 1.165) is 22.5 Å². The first-order valence-corrected chi connectivity index (χ1v) is 17.5. The molecule has 0 bridgehead atoms. The molecule has 0 amide bonds. The fraction of sp³-hybridized carbons (Fsp3) is 0.130. The van der Waals surface area contributed by atoms with E-state index in [1.807, 2.05) is 0 Å². The standard InChI is InChI=1S/C46H34N4/c1-45(2)33-23-22-27(26-41(33)49-39-20-7-5-12-28(39)30-14-9-17-34(45)42(30)49)37-24-25-38(48-47-37)32-16-11-19-36-44(32)50-40-21-8-6-13-29(40)31-15-10-18-35(43(31)50)46(36,3)4/h5-26H,1-4H3. The molecular weight excluding hydrogens is 609 g/mol. The van der Waals surface area contributed by atoms with Crippen molar-refractivity contribution in [2.24, 2.45) is 0 Å². The summed E-state index contributed by atoms with van der Waals surface area (Å²) in [6.45, 7) is 9.38. The number of para-hydroxylation sites is 5. The summed E-state index contributed by atoms with van der Waals surface area (Å²) in [7, 11) is 0. The molecule has 0 spiro atoms. The second-order valence-electron chi connectivity index (χ2n) is 15.1. The first-order chi connectivity index (χ1) is 24.3. The van der Waals surface area contributed by atoms with Gasteiger partial charge in [0.2, 0.25) is 0 Å². The van der Waals surface area contributed by atoms with Gasteiger partial charge in [0.1, 0.15) is 0 Å². The van der Waals surface area contributed by atoms with Crippen LogP contribution in [0.3, 0.4) is 0 Å². The van der Waals surface area contributed by atoms with Gasteiger partial charge in [0, 0.05) is 43.5 Å². The Morgan fingerprint density at radius 3 is 1.66 bits per heavy atom. The minimum atomic E-state index is -0.174. The number of rotatable bonds is 2. The minimum Gasteiger partial charge on any atom is -0.309 e. The van der Waals surface area contributed by atoms with Crippen molar-refractivity contribution in [2.45, 2.75) is 38.5 Å². The van der Waals surface area contributed by atoms with Gasteiger partial charge in [-0.15, -0.1) is 10.2 Å². The Labute approximate surface area is 290 Å². The molecule has 5 heterocycles. The third kappa shape index (κ3) is 3.36. The lowest BCUT2D eigenvalue weighted by Gasteiger charge is -2.35. The molecule has 0 saturated carbocycles. The summed E-state index contributed by atoms with van der Waals surface area (Å²) in [6.07, 6.45) is 0. The fourth-order valence-corrected chi connectivity index (χ4v) is 9.35. The molecule has 0 unspecified atom stereocenters. The molecule has 9 aromatic rings. The van der Waals surface area contributed by atoms with Crippen molar-refractivity contribution in [3.05, 3.63) is 156 Å².